The van der Waals surface area contributed by atoms with E-state index in [2.05, 4.69) is 10.6 Å². The SMILES string of the molecule is NCC(C(=O)NCCC(=O)NC1CC1)c1ccccc1. The zero-order chi connectivity index (χ0) is 14.4. The first-order valence-electron chi connectivity index (χ1n) is 7.03. The van der Waals surface area contributed by atoms with Gasteiger partial charge in [-0.3, -0.25) is 9.59 Å². The number of rotatable bonds is 7. The summed E-state index contributed by atoms with van der Waals surface area (Å²) in [6, 6.07) is 9.80. The van der Waals surface area contributed by atoms with E-state index in [-0.39, 0.29) is 24.3 Å². The molecule has 1 aromatic carbocycles. The van der Waals surface area contributed by atoms with E-state index in [1.807, 2.05) is 30.3 Å². The molecule has 1 fully saturated rings. The minimum atomic E-state index is -0.359. The second kappa shape index (κ2) is 7.05. The van der Waals surface area contributed by atoms with Gasteiger partial charge in [-0.15, -0.1) is 0 Å². The maximum Gasteiger partial charge on any atom is 0.228 e. The molecule has 1 unspecified atom stereocenters. The van der Waals surface area contributed by atoms with Gasteiger partial charge in [0.25, 0.3) is 0 Å². The maximum atomic E-state index is 12.1. The maximum absolute atomic E-state index is 12.1. The number of hydrogen-bond acceptors (Lipinski definition) is 3. The monoisotopic (exact) mass is 275 g/mol. The number of carbonyl (C=O) groups excluding carboxylic acids is 2. The fourth-order valence-corrected chi connectivity index (χ4v) is 2.03. The van der Waals surface area contributed by atoms with Crippen LogP contribution >= 0.6 is 0 Å². The fraction of sp³-hybridized carbons (Fsp3) is 0.467. The molecule has 1 aromatic rings. The van der Waals surface area contributed by atoms with Crippen LogP contribution < -0.4 is 16.4 Å². The van der Waals surface area contributed by atoms with Crippen LogP contribution in [-0.4, -0.2) is 30.9 Å². The number of nitrogens with one attached hydrogen (secondary N) is 2. The van der Waals surface area contributed by atoms with Gasteiger partial charge in [0.15, 0.2) is 0 Å². The Bertz CT molecular complexity index is 457. The number of hydrogen-bond donors (Lipinski definition) is 3. The summed E-state index contributed by atoms with van der Waals surface area (Å²) in [5.74, 6) is -0.488. The van der Waals surface area contributed by atoms with Crippen molar-refractivity contribution in [2.24, 2.45) is 5.73 Å². The number of nitrogens with two attached hydrogens (primary N) is 1. The zero-order valence-electron chi connectivity index (χ0n) is 11.5. The van der Waals surface area contributed by atoms with Gasteiger partial charge in [-0.25, -0.2) is 0 Å². The van der Waals surface area contributed by atoms with Gasteiger partial charge in [0.2, 0.25) is 11.8 Å². The molecule has 0 saturated heterocycles. The Morgan fingerprint density at radius 2 is 1.95 bits per heavy atom. The Balaban J connectivity index is 1.76. The van der Waals surface area contributed by atoms with E-state index >= 15 is 0 Å². The highest BCUT2D eigenvalue weighted by molar-refractivity contribution is 5.84. The Labute approximate surface area is 118 Å². The molecule has 5 heteroatoms. The second-order valence-electron chi connectivity index (χ2n) is 5.08. The quantitative estimate of drug-likeness (QED) is 0.678. The highest BCUT2D eigenvalue weighted by atomic mass is 16.2. The molecule has 0 spiro atoms. The number of amides is 2. The number of benzene rings is 1. The van der Waals surface area contributed by atoms with Crippen LogP contribution in [0, 0.1) is 0 Å². The Hall–Kier alpha value is -1.88. The molecular formula is C15H21N3O2. The van der Waals surface area contributed by atoms with Crippen LogP contribution in [0.4, 0.5) is 0 Å². The molecule has 108 valence electrons. The van der Waals surface area contributed by atoms with Gasteiger partial charge in [0.05, 0.1) is 5.92 Å². The van der Waals surface area contributed by atoms with E-state index in [9.17, 15) is 9.59 Å². The predicted octanol–water partition coefficient (Wildman–Crippen LogP) is 0.514. The molecule has 0 radical (unpaired) electrons. The third kappa shape index (κ3) is 4.35. The van der Waals surface area contributed by atoms with Crippen molar-refractivity contribution in [2.45, 2.75) is 31.2 Å². The van der Waals surface area contributed by atoms with Crippen LogP contribution in [0.2, 0.25) is 0 Å². The molecule has 0 aliphatic heterocycles. The lowest BCUT2D eigenvalue weighted by molar-refractivity contribution is -0.123. The van der Waals surface area contributed by atoms with Gasteiger partial charge in [0.1, 0.15) is 0 Å². The molecule has 5 nitrogen and oxygen atoms in total. The Morgan fingerprint density at radius 3 is 2.55 bits per heavy atom. The number of carbonyl (C=O) groups is 2. The minimum absolute atomic E-state index is 0.00295. The van der Waals surface area contributed by atoms with Gasteiger partial charge < -0.3 is 16.4 Å². The Morgan fingerprint density at radius 1 is 1.25 bits per heavy atom. The van der Waals surface area contributed by atoms with E-state index in [0.717, 1.165) is 18.4 Å². The lowest BCUT2D eigenvalue weighted by Gasteiger charge is -2.15. The summed E-state index contributed by atoms with van der Waals surface area (Å²) in [4.78, 5) is 23.6. The van der Waals surface area contributed by atoms with Crippen molar-refractivity contribution in [3.63, 3.8) is 0 Å². The predicted molar refractivity (Wildman–Crippen MR) is 77.0 cm³/mol. The average molecular weight is 275 g/mol. The average Bonchev–Trinajstić information content (AvgIpc) is 3.24. The molecule has 1 saturated carbocycles. The summed E-state index contributed by atoms with van der Waals surface area (Å²) < 4.78 is 0. The molecule has 20 heavy (non-hydrogen) atoms. The van der Waals surface area contributed by atoms with E-state index in [1.54, 1.807) is 0 Å². The van der Waals surface area contributed by atoms with Crippen molar-refractivity contribution in [1.82, 2.24) is 10.6 Å². The first-order valence-corrected chi connectivity index (χ1v) is 7.03. The normalized spacial score (nSPS) is 15.4. The summed E-state index contributed by atoms with van der Waals surface area (Å²) in [5, 5.41) is 5.66. The van der Waals surface area contributed by atoms with Crippen LogP contribution in [0.15, 0.2) is 30.3 Å². The largest absolute Gasteiger partial charge is 0.355 e. The lowest BCUT2D eigenvalue weighted by atomic mass is 9.98. The molecule has 2 amide bonds. The van der Waals surface area contributed by atoms with E-state index in [4.69, 9.17) is 5.73 Å². The van der Waals surface area contributed by atoms with Crippen molar-refractivity contribution >= 4 is 11.8 Å². The van der Waals surface area contributed by atoms with Crippen LogP contribution in [-0.2, 0) is 9.59 Å². The van der Waals surface area contributed by atoms with E-state index in [1.165, 1.54) is 0 Å². The third-order valence-corrected chi connectivity index (χ3v) is 3.35. The van der Waals surface area contributed by atoms with Gasteiger partial charge in [-0.2, -0.15) is 0 Å². The molecular weight excluding hydrogens is 254 g/mol. The minimum Gasteiger partial charge on any atom is -0.355 e. The van der Waals surface area contributed by atoms with Gasteiger partial charge in [-0.05, 0) is 18.4 Å². The molecule has 1 atom stereocenters. The lowest BCUT2D eigenvalue weighted by Crippen LogP contribution is -2.36. The van der Waals surface area contributed by atoms with Crippen LogP contribution in [0.25, 0.3) is 0 Å². The fourth-order valence-electron chi connectivity index (χ4n) is 2.03. The molecule has 1 aliphatic carbocycles. The highest BCUT2D eigenvalue weighted by Gasteiger charge is 2.23. The van der Waals surface area contributed by atoms with Gasteiger partial charge >= 0.3 is 0 Å². The second-order valence-corrected chi connectivity index (χ2v) is 5.08. The molecule has 0 bridgehead atoms. The molecule has 0 heterocycles. The first kappa shape index (κ1) is 14.5. The summed E-state index contributed by atoms with van der Waals surface area (Å²) in [5.41, 5.74) is 6.57. The van der Waals surface area contributed by atoms with Crippen LogP contribution in [0.5, 0.6) is 0 Å². The third-order valence-electron chi connectivity index (χ3n) is 3.35. The topological polar surface area (TPSA) is 84.2 Å². The van der Waals surface area contributed by atoms with Crippen molar-refractivity contribution in [3.8, 4) is 0 Å². The summed E-state index contributed by atoms with van der Waals surface area (Å²) >= 11 is 0. The Kier molecular flexibility index (Phi) is 5.12. The zero-order valence-corrected chi connectivity index (χ0v) is 11.5. The molecule has 4 N–H and O–H groups in total. The summed E-state index contributed by atoms with van der Waals surface area (Å²) in [7, 11) is 0. The summed E-state index contributed by atoms with van der Waals surface area (Å²) in [6.07, 6.45) is 2.46. The van der Waals surface area contributed by atoms with Crippen molar-refractivity contribution in [2.75, 3.05) is 13.1 Å². The van der Waals surface area contributed by atoms with Gasteiger partial charge in [-0.1, -0.05) is 30.3 Å². The molecule has 1 aliphatic rings. The van der Waals surface area contributed by atoms with E-state index < -0.39 is 0 Å². The summed E-state index contributed by atoms with van der Waals surface area (Å²) in [6.45, 7) is 0.602. The van der Waals surface area contributed by atoms with Gasteiger partial charge in [0, 0.05) is 25.6 Å². The van der Waals surface area contributed by atoms with Crippen molar-refractivity contribution in [1.29, 1.82) is 0 Å². The molecule has 0 aromatic heterocycles. The van der Waals surface area contributed by atoms with Crippen LogP contribution in [0.1, 0.15) is 30.7 Å². The van der Waals surface area contributed by atoms with E-state index in [0.29, 0.717) is 19.0 Å². The van der Waals surface area contributed by atoms with Crippen molar-refractivity contribution in [3.05, 3.63) is 35.9 Å². The van der Waals surface area contributed by atoms with Crippen molar-refractivity contribution < 1.29 is 9.59 Å². The standard InChI is InChI=1S/C15H21N3O2/c16-10-13(11-4-2-1-3-5-11)15(20)17-9-8-14(19)18-12-6-7-12/h1-5,12-13H,6-10,16H2,(H,17,20)(H,18,19). The van der Waals surface area contributed by atoms with Crippen LogP contribution in [0.3, 0.4) is 0 Å². The smallest absolute Gasteiger partial charge is 0.228 e. The molecule has 2 rings (SSSR count). The first-order chi connectivity index (χ1) is 9.70. The highest BCUT2D eigenvalue weighted by Crippen LogP contribution is 2.18.